The van der Waals surface area contributed by atoms with Crippen LogP contribution in [-0.2, 0) is 11.4 Å². The zero-order chi connectivity index (χ0) is 18.4. The lowest BCUT2D eigenvalue weighted by Crippen LogP contribution is -2.13. The number of halogens is 2. The number of anilines is 1. The van der Waals surface area contributed by atoms with Crippen LogP contribution in [0.5, 0.6) is 11.5 Å². The Morgan fingerprint density at radius 3 is 2.75 bits per heavy atom. The van der Waals surface area contributed by atoms with Crippen LogP contribution in [0.2, 0.25) is 0 Å². The first kappa shape index (κ1) is 23.6. The second-order valence-corrected chi connectivity index (χ2v) is 5.79. The number of rotatable bonds is 8. The fourth-order valence-electron chi connectivity index (χ4n) is 2.56. The number of carbonyl (C=O) groups is 1. The molecule has 0 radical (unpaired) electrons. The number of methoxy groups -OCH3 is 1. The van der Waals surface area contributed by atoms with Gasteiger partial charge in [-0.05, 0) is 37.2 Å². The molecule has 2 heterocycles. The second kappa shape index (κ2) is 11.4. The lowest BCUT2D eigenvalue weighted by molar-refractivity contribution is -0.116. The maximum absolute atomic E-state index is 11.9. The van der Waals surface area contributed by atoms with Crippen molar-refractivity contribution < 1.29 is 14.3 Å². The van der Waals surface area contributed by atoms with Gasteiger partial charge in [0.05, 0.1) is 12.8 Å². The number of imidazole rings is 1. The number of nitrogens with two attached hydrogens (primary N) is 1. The molecule has 9 heteroatoms. The summed E-state index contributed by atoms with van der Waals surface area (Å²) < 4.78 is 13.1. The summed E-state index contributed by atoms with van der Waals surface area (Å²) in [6.45, 7) is 0.784. The Labute approximate surface area is 176 Å². The Bertz CT molecular complexity index is 869. The Kier molecular flexibility index (Phi) is 9.58. The average molecular weight is 427 g/mol. The van der Waals surface area contributed by atoms with Crippen LogP contribution < -0.4 is 20.5 Å². The molecule has 3 rings (SSSR count). The van der Waals surface area contributed by atoms with Gasteiger partial charge in [-0.2, -0.15) is 0 Å². The van der Waals surface area contributed by atoms with Gasteiger partial charge in [0.25, 0.3) is 0 Å². The van der Waals surface area contributed by atoms with E-state index in [1.54, 1.807) is 25.3 Å². The van der Waals surface area contributed by atoms with Gasteiger partial charge in [-0.15, -0.1) is 24.8 Å². The molecule has 3 N–H and O–H groups in total. The van der Waals surface area contributed by atoms with E-state index in [1.165, 1.54) is 0 Å². The topological polar surface area (TPSA) is 90.9 Å². The molecule has 3 aromatic rings. The maximum Gasteiger partial charge on any atom is 0.224 e. The van der Waals surface area contributed by atoms with Gasteiger partial charge in [0, 0.05) is 30.6 Å². The first-order valence-electron chi connectivity index (χ1n) is 8.43. The van der Waals surface area contributed by atoms with Gasteiger partial charge in [0.15, 0.2) is 11.5 Å². The van der Waals surface area contributed by atoms with Crippen molar-refractivity contribution in [1.29, 1.82) is 0 Å². The van der Waals surface area contributed by atoms with Gasteiger partial charge < -0.3 is 24.9 Å². The monoisotopic (exact) mass is 426 g/mol. The number of pyridine rings is 1. The summed E-state index contributed by atoms with van der Waals surface area (Å²) in [5, 5.41) is 2.84. The van der Waals surface area contributed by atoms with E-state index in [0.717, 1.165) is 11.3 Å². The third-order valence-electron chi connectivity index (χ3n) is 3.84. The van der Waals surface area contributed by atoms with Crippen LogP contribution in [0.3, 0.4) is 0 Å². The van der Waals surface area contributed by atoms with E-state index in [9.17, 15) is 4.79 Å². The molecule has 0 fully saturated rings. The summed E-state index contributed by atoms with van der Waals surface area (Å²) >= 11 is 0. The van der Waals surface area contributed by atoms with Crippen LogP contribution in [0.4, 0.5) is 5.69 Å². The number of ether oxygens (including phenoxy) is 2. The summed E-state index contributed by atoms with van der Waals surface area (Å²) in [4.78, 5) is 16.4. The van der Waals surface area contributed by atoms with E-state index in [0.29, 0.717) is 43.2 Å². The summed E-state index contributed by atoms with van der Waals surface area (Å²) in [6, 6.07) is 11.1. The third-order valence-corrected chi connectivity index (χ3v) is 3.84. The molecular formula is C19H24Cl2N4O3. The van der Waals surface area contributed by atoms with Gasteiger partial charge in [-0.1, -0.05) is 6.07 Å². The minimum Gasteiger partial charge on any atom is -0.493 e. The average Bonchev–Trinajstić information content (AvgIpc) is 3.08. The molecule has 0 atom stereocenters. The van der Waals surface area contributed by atoms with Crippen molar-refractivity contribution in [2.45, 2.75) is 19.4 Å². The van der Waals surface area contributed by atoms with E-state index in [2.05, 4.69) is 10.3 Å². The molecule has 2 aromatic heterocycles. The van der Waals surface area contributed by atoms with Crippen LogP contribution in [0, 0.1) is 0 Å². The SMILES string of the molecule is COc1ccc(NC(=O)CCCN)cc1OCc1cn2ccccc2n1.Cl.Cl. The van der Waals surface area contributed by atoms with E-state index in [1.807, 2.05) is 35.0 Å². The number of nitrogens with one attached hydrogen (secondary N) is 1. The van der Waals surface area contributed by atoms with Crippen molar-refractivity contribution in [3.05, 3.63) is 54.5 Å². The largest absolute Gasteiger partial charge is 0.493 e. The van der Waals surface area contributed by atoms with Gasteiger partial charge in [0.2, 0.25) is 5.91 Å². The molecule has 0 aliphatic heterocycles. The number of carbonyl (C=O) groups excluding carboxylic acids is 1. The van der Waals surface area contributed by atoms with Crippen LogP contribution in [0.25, 0.3) is 5.65 Å². The minimum absolute atomic E-state index is 0. The molecule has 1 amide bonds. The Hall–Kier alpha value is -2.48. The van der Waals surface area contributed by atoms with Crippen molar-refractivity contribution in [1.82, 2.24) is 9.38 Å². The van der Waals surface area contributed by atoms with E-state index >= 15 is 0 Å². The predicted molar refractivity (Wildman–Crippen MR) is 114 cm³/mol. The Morgan fingerprint density at radius 2 is 2.04 bits per heavy atom. The van der Waals surface area contributed by atoms with E-state index in [-0.39, 0.29) is 30.7 Å². The molecular weight excluding hydrogens is 403 g/mol. The molecule has 0 saturated carbocycles. The number of benzene rings is 1. The molecule has 0 bridgehead atoms. The van der Waals surface area contributed by atoms with Crippen LogP contribution in [-0.4, -0.2) is 28.9 Å². The van der Waals surface area contributed by atoms with Crippen molar-refractivity contribution in [3.8, 4) is 11.5 Å². The van der Waals surface area contributed by atoms with Crippen LogP contribution in [0.15, 0.2) is 48.8 Å². The fraction of sp³-hybridized carbons (Fsp3) is 0.263. The minimum atomic E-state index is -0.0769. The molecule has 1 aromatic carbocycles. The summed E-state index contributed by atoms with van der Waals surface area (Å²) in [7, 11) is 1.58. The molecule has 152 valence electrons. The van der Waals surface area contributed by atoms with Gasteiger partial charge >= 0.3 is 0 Å². The van der Waals surface area contributed by atoms with Crippen LogP contribution in [0.1, 0.15) is 18.5 Å². The quantitative estimate of drug-likeness (QED) is 0.575. The Morgan fingerprint density at radius 1 is 1.21 bits per heavy atom. The third kappa shape index (κ3) is 6.02. The zero-order valence-corrected chi connectivity index (χ0v) is 17.1. The number of hydrogen-bond donors (Lipinski definition) is 2. The number of amides is 1. The standard InChI is InChI=1S/C19H22N4O3.2ClH/c1-25-16-8-7-14(22-19(24)6-4-9-20)11-17(16)26-13-15-12-23-10-3-2-5-18(23)21-15;;/h2-3,5,7-8,10-12H,4,6,9,13,20H2,1H3,(H,22,24);2*1H. The highest BCUT2D eigenvalue weighted by atomic mass is 35.5. The molecule has 0 aliphatic carbocycles. The molecule has 0 aliphatic rings. The van der Waals surface area contributed by atoms with Crippen molar-refractivity contribution in [3.63, 3.8) is 0 Å². The van der Waals surface area contributed by atoms with Crippen LogP contribution >= 0.6 is 24.8 Å². The smallest absolute Gasteiger partial charge is 0.224 e. The van der Waals surface area contributed by atoms with Gasteiger partial charge in [-0.3, -0.25) is 4.79 Å². The maximum atomic E-state index is 11.9. The molecule has 0 spiro atoms. The highest BCUT2D eigenvalue weighted by Gasteiger charge is 2.10. The highest BCUT2D eigenvalue weighted by molar-refractivity contribution is 5.91. The predicted octanol–water partition coefficient (Wildman–Crippen LogP) is 3.44. The first-order valence-corrected chi connectivity index (χ1v) is 8.43. The normalized spacial score (nSPS) is 9.93. The number of aromatic nitrogens is 2. The molecule has 7 nitrogen and oxygen atoms in total. The van der Waals surface area contributed by atoms with Crippen molar-refractivity contribution in [2.24, 2.45) is 5.73 Å². The molecule has 28 heavy (non-hydrogen) atoms. The molecule has 0 saturated heterocycles. The lowest BCUT2D eigenvalue weighted by Gasteiger charge is -2.12. The zero-order valence-electron chi connectivity index (χ0n) is 15.5. The van der Waals surface area contributed by atoms with E-state index < -0.39 is 0 Å². The summed E-state index contributed by atoms with van der Waals surface area (Å²) in [6.07, 6.45) is 4.89. The second-order valence-electron chi connectivity index (χ2n) is 5.79. The molecule has 0 unspecified atom stereocenters. The van der Waals surface area contributed by atoms with Crippen molar-refractivity contribution >= 4 is 42.1 Å². The lowest BCUT2D eigenvalue weighted by atomic mass is 10.2. The van der Waals surface area contributed by atoms with Gasteiger partial charge in [0.1, 0.15) is 12.3 Å². The summed E-state index contributed by atoms with van der Waals surface area (Å²) in [5.41, 5.74) is 7.74. The summed E-state index contributed by atoms with van der Waals surface area (Å²) in [5.74, 6) is 1.06. The highest BCUT2D eigenvalue weighted by Crippen LogP contribution is 2.31. The van der Waals surface area contributed by atoms with Crippen molar-refractivity contribution in [2.75, 3.05) is 19.0 Å². The van der Waals surface area contributed by atoms with E-state index in [4.69, 9.17) is 15.2 Å². The number of nitrogens with zero attached hydrogens (tertiary/aromatic N) is 2. The Balaban J connectivity index is 0.00000196. The number of hydrogen-bond acceptors (Lipinski definition) is 5. The number of fused-ring (bicyclic) bond motifs is 1. The van der Waals surface area contributed by atoms with Gasteiger partial charge in [-0.25, -0.2) is 4.98 Å². The first-order chi connectivity index (χ1) is 12.7. The fourth-order valence-corrected chi connectivity index (χ4v) is 2.56.